The highest BCUT2D eigenvalue weighted by Gasteiger charge is 2.31. The molecule has 1 aliphatic heterocycles. The van der Waals surface area contributed by atoms with E-state index in [1.807, 2.05) is 13.0 Å². The molecule has 3 aromatic rings. The van der Waals surface area contributed by atoms with E-state index in [1.54, 1.807) is 48.2 Å². The number of sulfonamides is 1. The fourth-order valence-electron chi connectivity index (χ4n) is 3.71. The molecule has 0 spiro atoms. The van der Waals surface area contributed by atoms with Crippen molar-refractivity contribution in [3.63, 3.8) is 0 Å². The van der Waals surface area contributed by atoms with Gasteiger partial charge < -0.3 is 9.42 Å². The van der Waals surface area contributed by atoms with E-state index < -0.39 is 10.0 Å². The molecular weight excluding hydrogens is 496 g/mol. The van der Waals surface area contributed by atoms with Crippen LogP contribution in [0.3, 0.4) is 0 Å². The minimum atomic E-state index is -3.62. The maximum Gasteiger partial charge on any atom is 0.253 e. The Morgan fingerprint density at radius 3 is 2.38 bits per heavy atom. The first kappa shape index (κ1) is 22.6. The fourth-order valence-corrected chi connectivity index (χ4v) is 5.81. The number of amides is 1. The summed E-state index contributed by atoms with van der Waals surface area (Å²) < 4.78 is 33.7. The summed E-state index contributed by atoms with van der Waals surface area (Å²) in [5, 5.41) is 3.88. The predicted octanol–water partition coefficient (Wildman–Crippen LogP) is 3.52. The van der Waals surface area contributed by atoms with Crippen molar-refractivity contribution >= 4 is 31.9 Å². The number of carbonyl (C=O) groups excluding carboxylic acids is 1. The van der Waals surface area contributed by atoms with Gasteiger partial charge in [0.05, 0.1) is 4.90 Å². The van der Waals surface area contributed by atoms with Gasteiger partial charge in [0.2, 0.25) is 21.7 Å². The molecule has 0 N–H and O–H groups in total. The van der Waals surface area contributed by atoms with E-state index in [0.29, 0.717) is 41.7 Å². The zero-order chi connectivity index (χ0) is 22.9. The van der Waals surface area contributed by atoms with Gasteiger partial charge in [0.25, 0.3) is 5.91 Å². The zero-order valence-electron chi connectivity index (χ0n) is 17.8. The van der Waals surface area contributed by atoms with Crippen molar-refractivity contribution < 1.29 is 17.7 Å². The Kier molecular flexibility index (Phi) is 6.45. The van der Waals surface area contributed by atoms with Crippen LogP contribution in [0, 0.1) is 6.92 Å². The lowest BCUT2D eigenvalue weighted by atomic mass is 10.1. The molecule has 1 saturated heterocycles. The average Bonchev–Trinajstić information content (AvgIpc) is 3.24. The van der Waals surface area contributed by atoms with E-state index in [1.165, 1.54) is 4.31 Å². The first-order valence-electron chi connectivity index (χ1n) is 10.3. The van der Waals surface area contributed by atoms with Crippen molar-refractivity contribution in [1.29, 1.82) is 0 Å². The van der Waals surface area contributed by atoms with E-state index in [-0.39, 0.29) is 19.0 Å². The number of carbonyl (C=O) groups is 1. The molecule has 1 aliphatic rings. The number of aryl methyl sites for hydroxylation is 2. The third-order valence-electron chi connectivity index (χ3n) is 5.46. The van der Waals surface area contributed by atoms with Crippen LogP contribution in [0.4, 0.5) is 0 Å². The highest BCUT2D eigenvalue weighted by Crippen LogP contribution is 2.26. The first-order chi connectivity index (χ1) is 15.3. The van der Waals surface area contributed by atoms with Crippen molar-refractivity contribution in [2.45, 2.75) is 25.2 Å². The van der Waals surface area contributed by atoms with Gasteiger partial charge in [-0.2, -0.15) is 9.29 Å². The molecule has 1 aromatic heterocycles. The molecular formula is C22H23BrN4O4S. The molecule has 0 radical (unpaired) electrons. The SMILES string of the molecule is CCc1cc(Br)ccc1S(=O)(=O)N1CCN(C(=O)c2ccc(-c3noc(C)n3)cc2)CC1. The van der Waals surface area contributed by atoms with Gasteiger partial charge in [-0.15, -0.1) is 0 Å². The normalized spacial score (nSPS) is 15.2. The van der Waals surface area contributed by atoms with E-state index >= 15 is 0 Å². The van der Waals surface area contributed by atoms with Crippen molar-refractivity contribution in [3.05, 3.63) is 64.0 Å². The van der Waals surface area contributed by atoms with Crippen LogP contribution in [0.5, 0.6) is 0 Å². The molecule has 8 nitrogen and oxygen atoms in total. The van der Waals surface area contributed by atoms with Gasteiger partial charge in [0.15, 0.2) is 0 Å². The molecule has 1 amide bonds. The third-order valence-corrected chi connectivity index (χ3v) is 7.96. The van der Waals surface area contributed by atoms with E-state index in [2.05, 4.69) is 26.1 Å². The summed E-state index contributed by atoms with van der Waals surface area (Å²) >= 11 is 3.40. The van der Waals surface area contributed by atoms with Gasteiger partial charge in [0.1, 0.15) is 0 Å². The smallest absolute Gasteiger partial charge is 0.253 e. The first-order valence-corrected chi connectivity index (χ1v) is 12.5. The highest BCUT2D eigenvalue weighted by atomic mass is 79.9. The van der Waals surface area contributed by atoms with Crippen LogP contribution in [0.1, 0.15) is 28.7 Å². The largest absolute Gasteiger partial charge is 0.339 e. The lowest BCUT2D eigenvalue weighted by Crippen LogP contribution is -2.50. The molecule has 0 saturated carbocycles. The summed E-state index contributed by atoms with van der Waals surface area (Å²) in [4.78, 5) is 19.1. The van der Waals surface area contributed by atoms with E-state index in [4.69, 9.17) is 4.52 Å². The molecule has 168 valence electrons. The Morgan fingerprint density at radius 2 is 1.78 bits per heavy atom. The molecule has 4 rings (SSSR count). The van der Waals surface area contributed by atoms with Crippen LogP contribution in [-0.2, 0) is 16.4 Å². The molecule has 1 fully saturated rings. The predicted molar refractivity (Wildman–Crippen MR) is 123 cm³/mol. The van der Waals surface area contributed by atoms with Crippen LogP contribution >= 0.6 is 15.9 Å². The minimum Gasteiger partial charge on any atom is -0.339 e. The molecule has 0 aliphatic carbocycles. The summed E-state index contributed by atoms with van der Waals surface area (Å²) in [5.74, 6) is 0.817. The quantitative estimate of drug-likeness (QED) is 0.512. The van der Waals surface area contributed by atoms with E-state index in [0.717, 1.165) is 15.6 Å². The molecule has 0 unspecified atom stereocenters. The van der Waals surface area contributed by atoms with Gasteiger partial charge in [0, 0.05) is 48.7 Å². The average molecular weight is 519 g/mol. The Bertz CT molecular complexity index is 1230. The topological polar surface area (TPSA) is 96.6 Å². The maximum atomic E-state index is 13.2. The Morgan fingerprint density at radius 1 is 1.09 bits per heavy atom. The summed E-state index contributed by atoms with van der Waals surface area (Å²) in [7, 11) is -3.62. The standard InChI is InChI=1S/C22H23BrN4O4S/c1-3-16-14-19(23)8-9-20(16)32(29,30)27-12-10-26(11-13-27)22(28)18-6-4-17(5-7-18)21-24-15(2)31-25-21/h4-9,14H,3,10-13H2,1-2H3. The molecule has 2 aromatic carbocycles. The molecule has 10 heteroatoms. The second kappa shape index (κ2) is 9.13. The van der Waals surface area contributed by atoms with Crippen LogP contribution in [0.25, 0.3) is 11.4 Å². The van der Waals surface area contributed by atoms with Crippen LogP contribution in [-0.4, -0.2) is 59.8 Å². The van der Waals surface area contributed by atoms with Crippen molar-refractivity contribution in [2.24, 2.45) is 0 Å². The lowest BCUT2D eigenvalue weighted by molar-refractivity contribution is 0.0698. The Balaban J connectivity index is 1.44. The fraction of sp³-hybridized carbons (Fsp3) is 0.318. The number of benzene rings is 2. The number of piperazine rings is 1. The minimum absolute atomic E-state index is 0.129. The zero-order valence-corrected chi connectivity index (χ0v) is 20.2. The second-order valence-electron chi connectivity index (χ2n) is 7.52. The van der Waals surface area contributed by atoms with Gasteiger partial charge in [-0.25, -0.2) is 8.42 Å². The molecule has 32 heavy (non-hydrogen) atoms. The van der Waals surface area contributed by atoms with Gasteiger partial charge >= 0.3 is 0 Å². The number of nitrogens with zero attached hydrogens (tertiary/aromatic N) is 4. The summed E-state index contributed by atoms with van der Waals surface area (Å²) in [6.07, 6.45) is 0.617. The van der Waals surface area contributed by atoms with Crippen molar-refractivity contribution in [1.82, 2.24) is 19.3 Å². The maximum absolute atomic E-state index is 13.2. The Labute approximate surface area is 195 Å². The monoisotopic (exact) mass is 518 g/mol. The van der Waals surface area contributed by atoms with Crippen LogP contribution in [0.15, 0.2) is 56.4 Å². The lowest BCUT2D eigenvalue weighted by Gasteiger charge is -2.34. The number of aromatic nitrogens is 2. The number of halogens is 1. The number of hydrogen-bond acceptors (Lipinski definition) is 6. The summed E-state index contributed by atoms with van der Waals surface area (Å²) in [5.41, 5.74) is 2.07. The van der Waals surface area contributed by atoms with Crippen molar-refractivity contribution in [2.75, 3.05) is 26.2 Å². The Hall–Kier alpha value is -2.56. The number of rotatable bonds is 5. The molecule has 0 atom stereocenters. The van der Waals surface area contributed by atoms with E-state index in [9.17, 15) is 13.2 Å². The second-order valence-corrected chi connectivity index (χ2v) is 10.3. The highest BCUT2D eigenvalue weighted by molar-refractivity contribution is 9.10. The van der Waals surface area contributed by atoms with Gasteiger partial charge in [-0.3, -0.25) is 4.79 Å². The number of hydrogen-bond donors (Lipinski definition) is 0. The van der Waals surface area contributed by atoms with Gasteiger partial charge in [-0.1, -0.05) is 40.1 Å². The van der Waals surface area contributed by atoms with Crippen molar-refractivity contribution in [3.8, 4) is 11.4 Å². The van der Waals surface area contributed by atoms with Crippen LogP contribution in [0.2, 0.25) is 0 Å². The summed E-state index contributed by atoms with van der Waals surface area (Å²) in [6, 6.07) is 12.2. The third kappa shape index (κ3) is 4.48. The molecule has 2 heterocycles. The summed E-state index contributed by atoms with van der Waals surface area (Å²) in [6.45, 7) is 4.83. The molecule has 0 bridgehead atoms. The van der Waals surface area contributed by atoms with Gasteiger partial charge in [-0.05, 0) is 42.3 Å². The van der Waals surface area contributed by atoms with Crippen LogP contribution < -0.4 is 0 Å².